The van der Waals surface area contributed by atoms with Crippen LogP contribution in [-0.2, 0) is 0 Å². The van der Waals surface area contributed by atoms with Crippen molar-refractivity contribution >= 4 is 17.8 Å². The highest BCUT2D eigenvalue weighted by molar-refractivity contribution is 6.06. The SMILES string of the molecule is O=C(C=Cc1cnc(N2CCCC2)nc1)c1cnn(-c2ccccc2)c1. The summed E-state index contributed by atoms with van der Waals surface area (Å²) in [4.78, 5) is 23.3. The number of para-hydroxylation sites is 1. The van der Waals surface area contributed by atoms with Crippen molar-refractivity contribution in [1.82, 2.24) is 19.7 Å². The van der Waals surface area contributed by atoms with Crippen molar-refractivity contribution in [2.45, 2.75) is 12.8 Å². The lowest BCUT2D eigenvalue weighted by Gasteiger charge is -2.14. The molecule has 3 heterocycles. The molecule has 0 aliphatic carbocycles. The zero-order chi connectivity index (χ0) is 17.8. The second-order valence-corrected chi connectivity index (χ2v) is 6.22. The van der Waals surface area contributed by atoms with Crippen molar-refractivity contribution in [3.63, 3.8) is 0 Å². The fraction of sp³-hybridized carbons (Fsp3) is 0.200. The molecule has 6 heteroatoms. The second kappa shape index (κ2) is 7.31. The van der Waals surface area contributed by atoms with Crippen LogP contribution >= 0.6 is 0 Å². The van der Waals surface area contributed by atoms with Gasteiger partial charge in [-0.05, 0) is 37.1 Å². The second-order valence-electron chi connectivity index (χ2n) is 6.22. The molecule has 6 nitrogen and oxygen atoms in total. The summed E-state index contributed by atoms with van der Waals surface area (Å²) in [6.07, 6.45) is 12.4. The Bertz CT molecular complexity index is 909. The van der Waals surface area contributed by atoms with E-state index in [2.05, 4.69) is 20.0 Å². The average molecular weight is 345 g/mol. The van der Waals surface area contributed by atoms with E-state index in [1.165, 1.54) is 18.9 Å². The quantitative estimate of drug-likeness (QED) is 0.525. The maximum absolute atomic E-state index is 12.3. The van der Waals surface area contributed by atoms with Crippen LogP contribution in [0.5, 0.6) is 0 Å². The highest BCUT2D eigenvalue weighted by atomic mass is 16.1. The molecule has 26 heavy (non-hydrogen) atoms. The standard InChI is InChI=1S/C20H19N5O/c26-19(17-14-23-25(15-17)18-6-2-1-3-7-18)9-8-16-12-21-20(22-13-16)24-10-4-5-11-24/h1-3,6-9,12-15H,4-5,10-11H2. The van der Waals surface area contributed by atoms with Crippen LogP contribution in [0.15, 0.2) is 61.2 Å². The number of allylic oxidation sites excluding steroid dienone is 1. The first-order valence-corrected chi connectivity index (χ1v) is 8.69. The highest BCUT2D eigenvalue weighted by Crippen LogP contribution is 2.15. The summed E-state index contributed by atoms with van der Waals surface area (Å²) < 4.78 is 1.69. The first-order valence-electron chi connectivity index (χ1n) is 8.69. The van der Waals surface area contributed by atoms with Gasteiger partial charge in [0.15, 0.2) is 5.78 Å². The van der Waals surface area contributed by atoms with Crippen LogP contribution < -0.4 is 4.90 Å². The Morgan fingerprint density at radius 2 is 1.73 bits per heavy atom. The molecule has 1 saturated heterocycles. The normalized spacial score (nSPS) is 14.2. The van der Waals surface area contributed by atoms with E-state index in [4.69, 9.17) is 0 Å². The van der Waals surface area contributed by atoms with E-state index in [1.807, 2.05) is 30.3 Å². The fourth-order valence-electron chi connectivity index (χ4n) is 2.94. The van der Waals surface area contributed by atoms with Gasteiger partial charge in [0.2, 0.25) is 5.95 Å². The Balaban J connectivity index is 1.43. The van der Waals surface area contributed by atoms with Gasteiger partial charge in [-0.2, -0.15) is 5.10 Å². The van der Waals surface area contributed by atoms with Gasteiger partial charge in [-0.1, -0.05) is 18.2 Å². The van der Waals surface area contributed by atoms with E-state index < -0.39 is 0 Å². The Kier molecular flexibility index (Phi) is 4.55. The number of anilines is 1. The van der Waals surface area contributed by atoms with E-state index in [9.17, 15) is 4.79 Å². The molecule has 1 aliphatic rings. The molecule has 1 fully saturated rings. The van der Waals surface area contributed by atoms with Crippen LogP contribution in [0.2, 0.25) is 0 Å². The molecular weight excluding hydrogens is 326 g/mol. The predicted molar refractivity (Wildman–Crippen MR) is 100 cm³/mol. The summed E-state index contributed by atoms with van der Waals surface area (Å²) in [5.41, 5.74) is 2.26. The van der Waals surface area contributed by atoms with Gasteiger partial charge >= 0.3 is 0 Å². The van der Waals surface area contributed by atoms with Gasteiger partial charge in [0.05, 0.1) is 17.4 Å². The molecule has 3 aromatic rings. The van der Waals surface area contributed by atoms with Gasteiger partial charge in [-0.25, -0.2) is 14.6 Å². The first kappa shape index (κ1) is 16.2. The molecule has 130 valence electrons. The third-order valence-electron chi connectivity index (χ3n) is 4.36. The lowest BCUT2D eigenvalue weighted by atomic mass is 10.2. The smallest absolute Gasteiger partial charge is 0.225 e. The molecule has 0 saturated carbocycles. The molecule has 2 aromatic heterocycles. The maximum atomic E-state index is 12.3. The van der Waals surface area contributed by atoms with E-state index in [0.717, 1.165) is 30.3 Å². The van der Waals surface area contributed by atoms with Crippen LogP contribution in [0, 0.1) is 0 Å². The number of benzene rings is 1. The Hall–Kier alpha value is -3.28. The molecule has 0 unspecified atom stereocenters. The van der Waals surface area contributed by atoms with E-state index >= 15 is 0 Å². The van der Waals surface area contributed by atoms with E-state index in [1.54, 1.807) is 35.5 Å². The number of rotatable bonds is 5. The van der Waals surface area contributed by atoms with Crippen molar-refractivity contribution in [2.75, 3.05) is 18.0 Å². The molecule has 0 amide bonds. The number of aromatic nitrogens is 4. The minimum absolute atomic E-state index is 0.101. The van der Waals surface area contributed by atoms with Crippen LogP contribution in [0.3, 0.4) is 0 Å². The third-order valence-corrected chi connectivity index (χ3v) is 4.36. The molecule has 4 rings (SSSR count). The topological polar surface area (TPSA) is 63.9 Å². The van der Waals surface area contributed by atoms with Gasteiger partial charge in [0.25, 0.3) is 0 Å². The van der Waals surface area contributed by atoms with Crippen molar-refractivity contribution in [3.05, 3.63) is 72.3 Å². The predicted octanol–water partition coefficient (Wildman–Crippen LogP) is 3.16. The number of carbonyl (C=O) groups excluding carboxylic acids is 1. The zero-order valence-corrected chi connectivity index (χ0v) is 14.3. The van der Waals surface area contributed by atoms with Crippen molar-refractivity contribution in [3.8, 4) is 5.69 Å². The summed E-state index contributed by atoms with van der Waals surface area (Å²) in [6, 6.07) is 9.69. The third kappa shape index (κ3) is 3.54. The van der Waals surface area contributed by atoms with Crippen LogP contribution in [0.1, 0.15) is 28.8 Å². The van der Waals surface area contributed by atoms with E-state index in [-0.39, 0.29) is 5.78 Å². The molecule has 1 aliphatic heterocycles. The Morgan fingerprint density at radius 1 is 1.00 bits per heavy atom. The zero-order valence-electron chi connectivity index (χ0n) is 14.3. The van der Waals surface area contributed by atoms with Gasteiger partial charge in [-0.15, -0.1) is 0 Å². The largest absolute Gasteiger partial charge is 0.341 e. The first-order chi connectivity index (χ1) is 12.8. The lowest BCUT2D eigenvalue weighted by Crippen LogP contribution is -2.20. The Morgan fingerprint density at radius 3 is 2.46 bits per heavy atom. The van der Waals surface area contributed by atoms with Crippen molar-refractivity contribution in [1.29, 1.82) is 0 Å². The molecule has 1 aromatic carbocycles. The Labute approximate surface area is 151 Å². The molecule has 0 atom stereocenters. The lowest BCUT2D eigenvalue weighted by molar-refractivity contribution is 0.104. The number of carbonyl (C=O) groups is 1. The molecule has 0 radical (unpaired) electrons. The van der Waals surface area contributed by atoms with E-state index in [0.29, 0.717) is 5.56 Å². The summed E-state index contributed by atoms with van der Waals surface area (Å²) >= 11 is 0. The van der Waals surface area contributed by atoms with Gasteiger partial charge in [0, 0.05) is 37.2 Å². The van der Waals surface area contributed by atoms with Gasteiger partial charge < -0.3 is 4.90 Å². The number of hydrogen-bond acceptors (Lipinski definition) is 5. The minimum atomic E-state index is -0.101. The van der Waals surface area contributed by atoms with Crippen molar-refractivity contribution < 1.29 is 4.79 Å². The number of hydrogen-bond donors (Lipinski definition) is 0. The van der Waals surface area contributed by atoms with Crippen LogP contribution in [0.25, 0.3) is 11.8 Å². The van der Waals surface area contributed by atoms with Gasteiger partial charge in [-0.3, -0.25) is 4.79 Å². The summed E-state index contributed by atoms with van der Waals surface area (Å²) in [5, 5.41) is 4.25. The monoisotopic (exact) mass is 345 g/mol. The van der Waals surface area contributed by atoms with Crippen LogP contribution in [0.4, 0.5) is 5.95 Å². The summed E-state index contributed by atoms with van der Waals surface area (Å²) in [5.74, 6) is 0.658. The molecule has 0 N–H and O–H groups in total. The van der Waals surface area contributed by atoms with Crippen LogP contribution in [-0.4, -0.2) is 38.6 Å². The minimum Gasteiger partial charge on any atom is -0.341 e. The fourth-order valence-corrected chi connectivity index (χ4v) is 2.94. The van der Waals surface area contributed by atoms with Crippen molar-refractivity contribution in [2.24, 2.45) is 0 Å². The highest BCUT2D eigenvalue weighted by Gasteiger charge is 2.14. The molecule has 0 bridgehead atoms. The molecule has 0 spiro atoms. The summed E-state index contributed by atoms with van der Waals surface area (Å²) in [7, 11) is 0. The average Bonchev–Trinajstić information content (AvgIpc) is 3.39. The summed E-state index contributed by atoms with van der Waals surface area (Å²) in [6.45, 7) is 2.03. The number of nitrogens with zero attached hydrogens (tertiary/aromatic N) is 5. The number of ketones is 1. The maximum Gasteiger partial charge on any atom is 0.225 e. The van der Waals surface area contributed by atoms with Gasteiger partial charge in [0.1, 0.15) is 0 Å². The molecular formula is C20H19N5O.